The zero-order valence-corrected chi connectivity index (χ0v) is 10.4. The second kappa shape index (κ2) is 6.33. The van der Waals surface area contributed by atoms with Crippen molar-refractivity contribution in [2.45, 2.75) is 18.9 Å². The molecule has 2 heterocycles. The first-order chi connectivity index (χ1) is 8.33. The van der Waals surface area contributed by atoms with Gasteiger partial charge in [0.25, 0.3) is 0 Å². The fourth-order valence-electron chi connectivity index (χ4n) is 2.45. The molecule has 0 saturated carbocycles. The van der Waals surface area contributed by atoms with Crippen molar-refractivity contribution in [2.24, 2.45) is 5.92 Å². The smallest absolute Gasteiger partial charge is 0.226 e. The minimum absolute atomic E-state index is 0.0732. The van der Waals surface area contributed by atoms with E-state index in [4.69, 9.17) is 14.2 Å². The van der Waals surface area contributed by atoms with Crippen LogP contribution in [0.1, 0.15) is 12.8 Å². The van der Waals surface area contributed by atoms with E-state index in [1.807, 2.05) is 4.90 Å². The number of ether oxygens (including phenoxy) is 3. The summed E-state index contributed by atoms with van der Waals surface area (Å²) in [4.78, 5) is 14.3. The Balaban J connectivity index is 1.94. The number of carbonyl (C=O) groups is 1. The van der Waals surface area contributed by atoms with E-state index in [1.54, 1.807) is 7.11 Å². The molecule has 2 aliphatic rings. The fraction of sp³-hybridized carbons (Fsp3) is 0.917. The van der Waals surface area contributed by atoms with Crippen LogP contribution in [0.2, 0.25) is 0 Å². The van der Waals surface area contributed by atoms with Crippen LogP contribution in [-0.4, -0.2) is 63.5 Å². The van der Waals surface area contributed by atoms with Gasteiger partial charge in [-0.25, -0.2) is 0 Å². The highest BCUT2D eigenvalue weighted by atomic mass is 16.5. The Morgan fingerprint density at radius 1 is 1.29 bits per heavy atom. The normalized spacial score (nSPS) is 27.1. The van der Waals surface area contributed by atoms with Gasteiger partial charge in [-0.3, -0.25) is 4.79 Å². The molecule has 0 radical (unpaired) electrons. The molecule has 17 heavy (non-hydrogen) atoms. The van der Waals surface area contributed by atoms with Gasteiger partial charge in [0, 0.05) is 32.8 Å². The quantitative estimate of drug-likeness (QED) is 0.714. The zero-order chi connectivity index (χ0) is 12.1. The van der Waals surface area contributed by atoms with Gasteiger partial charge in [0.2, 0.25) is 5.91 Å². The second-order valence-electron chi connectivity index (χ2n) is 4.60. The molecule has 1 amide bonds. The molecule has 2 rings (SSSR count). The average Bonchev–Trinajstić information content (AvgIpc) is 2.40. The Kier molecular flexibility index (Phi) is 4.76. The lowest BCUT2D eigenvalue weighted by Gasteiger charge is -2.38. The molecule has 0 bridgehead atoms. The maximum Gasteiger partial charge on any atom is 0.226 e. The highest BCUT2D eigenvalue weighted by molar-refractivity contribution is 5.79. The number of morpholine rings is 1. The van der Waals surface area contributed by atoms with Crippen molar-refractivity contribution >= 4 is 5.91 Å². The molecular formula is C12H21NO4. The van der Waals surface area contributed by atoms with Crippen LogP contribution in [-0.2, 0) is 19.0 Å². The van der Waals surface area contributed by atoms with Crippen molar-refractivity contribution in [1.82, 2.24) is 4.90 Å². The summed E-state index contributed by atoms with van der Waals surface area (Å²) in [6.07, 6.45) is 1.69. The van der Waals surface area contributed by atoms with Crippen molar-refractivity contribution in [1.29, 1.82) is 0 Å². The largest absolute Gasteiger partial charge is 0.382 e. The van der Waals surface area contributed by atoms with E-state index < -0.39 is 0 Å². The van der Waals surface area contributed by atoms with E-state index in [1.165, 1.54) is 0 Å². The molecule has 98 valence electrons. The molecule has 0 aromatic heterocycles. The monoisotopic (exact) mass is 243 g/mol. The number of methoxy groups -OCH3 is 1. The van der Waals surface area contributed by atoms with Gasteiger partial charge < -0.3 is 19.1 Å². The summed E-state index contributed by atoms with van der Waals surface area (Å²) in [6.45, 7) is 3.86. The van der Waals surface area contributed by atoms with Gasteiger partial charge in [-0.15, -0.1) is 0 Å². The molecule has 1 unspecified atom stereocenters. The zero-order valence-electron chi connectivity index (χ0n) is 10.4. The van der Waals surface area contributed by atoms with Gasteiger partial charge in [-0.05, 0) is 12.8 Å². The second-order valence-corrected chi connectivity index (χ2v) is 4.60. The summed E-state index contributed by atoms with van der Waals surface area (Å²) in [5.74, 6) is 0.375. The first-order valence-electron chi connectivity index (χ1n) is 6.28. The Hall–Kier alpha value is -0.650. The van der Waals surface area contributed by atoms with E-state index in [2.05, 4.69) is 0 Å². The Bertz CT molecular complexity index is 251. The van der Waals surface area contributed by atoms with Crippen molar-refractivity contribution in [2.75, 3.05) is 46.7 Å². The molecule has 0 aromatic carbocycles. The minimum atomic E-state index is 0.0732. The summed E-state index contributed by atoms with van der Waals surface area (Å²) in [5.41, 5.74) is 0. The summed E-state index contributed by atoms with van der Waals surface area (Å²) >= 11 is 0. The maximum absolute atomic E-state index is 12.4. The Labute approximate surface area is 102 Å². The lowest BCUT2D eigenvalue weighted by molar-refractivity contribution is -0.149. The molecule has 1 atom stereocenters. The van der Waals surface area contributed by atoms with E-state index in [9.17, 15) is 4.79 Å². The number of rotatable bonds is 3. The Morgan fingerprint density at radius 3 is 2.76 bits per heavy atom. The highest BCUT2D eigenvalue weighted by Gasteiger charge is 2.32. The lowest BCUT2D eigenvalue weighted by atomic mass is 9.97. The summed E-state index contributed by atoms with van der Waals surface area (Å²) in [5, 5.41) is 0. The van der Waals surface area contributed by atoms with E-state index in [-0.39, 0.29) is 17.9 Å². The van der Waals surface area contributed by atoms with Crippen molar-refractivity contribution in [3.05, 3.63) is 0 Å². The van der Waals surface area contributed by atoms with Crippen LogP contribution >= 0.6 is 0 Å². The number of hydrogen-bond donors (Lipinski definition) is 0. The van der Waals surface area contributed by atoms with E-state index in [0.717, 1.165) is 12.8 Å². The molecule has 5 heteroatoms. The maximum atomic E-state index is 12.4. The van der Waals surface area contributed by atoms with Gasteiger partial charge in [0.1, 0.15) is 0 Å². The summed E-state index contributed by atoms with van der Waals surface area (Å²) in [7, 11) is 1.66. The third-order valence-corrected chi connectivity index (χ3v) is 3.44. The van der Waals surface area contributed by atoms with Crippen LogP contribution < -0.4 is 0 Å². The lowest BCUT2D eigenvalue weighted by Crippen LogP contribution is -2.53. The van der Waals surface area contributed by atoms with Crippen LogP contribution in [0.15, 0.2) is 0 Å². The van der Waals surface area contributed by atoms with Crippen molar-refractivity contribution in [3.63, 3.8) is 0 Å². The van der Waals surface area contributed by atoms with Crippen LogP contribution in [0.3, 0.4) is 0 Å². The first-order valence-corrected chi connectivity index (χ1v) is 6.28. The average molecular weight is 243 g/mol. The predicted octanol–water partition coefficient (Wildman–Crippen LogP) is 0.287. The van der Waals surface area contributed by atoms with E-state index in [0.29, 0.717) is 39.6 Å². The highest BCUT2D eigenvalue weighted by Crippen LogP contribution is 2.20. The van der Waals surface area contributed by atoms with Gasteiger partial charge in [-0.1, -0.05) is 0 Å². The van der Waals surface area contributed by atoms with Crippen LogP contribution in [0, 0.1) is 5.92 Å². The van der Waals surface area contributed by atoms with Gasteiger partial charge in [-0.2, -0.15) is 0 Å². The fourth-order valence-corrected chi connectivity index (χ4v) is 2.45. The molecule has 0 aromatic rings. The molecule has 2 fully saturated rings. The first kappa shape index (κ1) is 12.8. The number of carbonyl (C=O) groups excluding carboxylic acids is 1. The molecule has 5 nitrogen and oxygen atoms in total. The molecule has 2 saturated heterocycles. The number of nitrogens with zero attached hydrogens (tertiary/aromatic N) is 1. The Morgan fingerprint density at radius 2 is 2.06 bits per heavy atom. The van der Waals surface area contributed by atoms with Crippen LogP contribution in [0.5, 0.6) is 0 Å². The molecule has 0 spiro atoms. The predicted molar refractivity (Wildman–Crippen MR) is 61.7 cm³/mol. The standard InChI is InChI=1S/C12H21NO4/c1-15-8-11-9-17-7-4-13(11)12(14)10-2-5-16-6-3-10/h10-11H,2-9H2,1H3. The number of amides is 1. The van der Waals surface area contributed by atoms with Gasteiger partial charge in [0.05, 0.1) is 25.9 Å². The minimum Gasteiger partial charge on any atom is -0.382 e. The molecule has 0 aliphatic carbocycles. The molecule has 0 N–H and O–H groups in total. The van der Waals surface area contributed by atoms with Crippen molar-refractivity contribution < 1.29 is 19.0 Å². The third-order valence-electron chi connectivity index (χ3n) is 3.44. The van der Waals surface area contributed by atoms with Crippen LogP contribution in [0.4, 0.5) is 0 Å². The summed E-state index contributed by atoms with van der Waals surface area (Å²) in [6, 6.07) is 0.0732. The van der Waals surface area contributed by atoms with Crippen molar-refractivity contribution in [3.8, 4) is 0 Å². The SMILES string of the molecule is COCC1COCCN1C(=O)C1CCOCC1. The topological polar surface area (TPSA) is 48.0 Å². The van der Waals surface area contributed by atoms with Gasteiger partial charge in [0.15, 0.2) is 0 Å². The third kappa shape index (κ3) is 3.18. The van der Waals surface area contributed by atoms with E-state index >= 15 is 0 Å². The van der Waals surface area contributed by atoms with Gasteiger partial charge >= 0.3 is 0 Å². The molecule has 2 aliphatic heterocycles. The molecular weight excluding hydrogens is 222 g/mol. The summed E-state index contributed by atoms with van der Waals surface area (Å²) < 4.78 is 15.8. The van der Waals surface area contributed by atoms with Crippen LogP contribution in [0.25, 0.3) is 0 Å². The number of hydrogen-bond acceptors (Lipinski definition) is 4.